The Balaban J connectivity index is 1.92. The fourth-order valence-corrected chi connectivity index (χ4v) is 2.35. The molecule has 0 bridgehead atoms. The quantitative estimate of drug-likeness (QED) is 0.897. The zero-order chi connectivity index (χ0) is 13.7. The average molecular weight is 262 g/mol. The molecular formula is C15H22N2O2. The smallest absolute Gasteiger partial charge is 0.260 e. The van der Waals surface area contributed by atoms with E-state index in [2.05, 4.69) is 5.32 Å². The van der Waals surface area contributed by atoms with E-state index in [1.807, 2.05) is 36.9 Å². The lowest BCUT2D eigenvalue weighted by Crippen LogP contribution is -2.37. The van der Waals surface area contributed by atoms with E-state index in [1.165, 1.54) is 0 Å². The maximum Gasteiger partial charge on any atom is 0.260 e. The first-order valence-electron chi connectivity index (χ1n) is 6.86. The largest absolute Gasteiger partial charge is 0.483 e. The zero-order valence-corrected chi connectivity index (χ0v) is 11.7. The van der Waals surface area contributed by atoms with Crippen LogP contribution in [0.15, 0.2) is 18.2 Å². The number of hydrogen-bond donors (Lipinski definition) is 1. The molecule has 0 unspecified atom stereocenters. The van der Waals surface area contributed by atoms with Crippen molar-refractivity contribution < 1.29 is 9.53 Å². The lowest BCUT2D eigenvalue weighted by atomic mass is 10.1. The monoisotopic (exact) mass is 262 g/mol. The second kappa shape index (κ2) is 6.57. The molecule has 0 radical (unpaired) electrons. The van der Waals surface area contributed by atoms with Crippen LogP contribution in [-0.2, 0) is 4.79 Å². The molecule has 0 aliphatic carbocycles. The molecule has 1 heterocycles. The van der Waals surface area contributed by atoms with E-state index >= 15 is 0 Å². The van der Waals surface area contributed by atoms with Gasteiger partial charge in [0.15, 0.2) is 6.61 Å². The molecule has 1 aromatic rings. The summed E-state index contributed by atoms with van der Waals surface area (Å²) < 4.78 is 5.71. The first kappa shape index (κ1) is 13.9. The Morgan fingerprint density at radius 2 is 2.00 bits per heavy atom. The van der Waals surface area contributed by atoms with Crippen molar-refractivity contribution in [2.75, 3.05) is 32.8 Å². The van der Waals surface area contributed by atoms with Crippen LogP contribution >= 0.6 is 0 Å². The molecule has 0 atom stereocenters. The van der Waals surface area contributed by atoms with Crippen molar-refractivity contribution in [2.45, 2.75) is 20.3 Å². The van der Waals surface area contributed by atoms with E-state index in [4.69, 9.17) is 4.74 Å². The van der Waals surface area contributed by atoms with Crippen molar-refractivity contribution in [1.29, 1.82) is 0 Å². The van der Waals surface area contributed by atoms with Crippen molar-refractivity contribution in [3.8, 4) is 5.75 Å². The number of para-hydroxylation sites is 1. The standard InChI is InChI=1S/C15H22N2O2/c1-12-5-3-6-13(2)15(12)19-11-14(18)17-9-4-7-16-8-10-17/h3,5-6,16H,4,7-11H2,1-2H3. The number of rotatable bonds is 3. The summed E-state index contributed by atoms with van der Waals surface area (Å²) >= 11 is 0. The van der Waals surface area contributed by atoms with Gasteiger partial charge in [-0.15, -0.1) is 0 Å². The SMILES string of the molecule is Cc1cccc(C)c1OCC(=O)N1CCCNCC1. The first-order valence-corrected chi connectivity index (χ1v) is 6.86. The first-order chi connectivity index (χ1) is 9.18. The van der Waals surface area contributed by atoms with Crippen molar-refractivity contribution in [1.82, 2.24) is 10.2 Å². The second-order valence-electron chi connectivity index (χ2n) is 4.99. The summed E-state index contributed by atoms with van der Waals surface area (Å²) in [6, 6.07) is 6.01. The van der Waals surface area contributed by atoms with Gasteiger partial charge in [-0.25, -0.2) is 0 Å². The van der Waals surface area contributed by atoms with Gasteiger partial charge in [0, 0.05) is 19.6 Å². The Kier molecular flexibility index (Phi) is 4.80. The number of ether oxygens (including phenoxy) is 1. The van der Waals surface area contributed by atoms with Gasteiger partial charge in [0.25, 0.3) is 5.91 Å². The summed E-state index contributed by atoms with van der Waals surface area (Å²) in [5.41, 5.74) is 2.15. The van der Waals surface area contributed by atoms with E-state index in [9.17, 15) is 4.79 Å². The number of carbonyl (C=O) groups excluding carboxylic acids is 1. The van der Waals surface area contributed by atoms with Crippen molar-refractivity contribution in [2.24, 2.45) is 0 Å². The predicted octanol–water partition coefficient (Wildman–Crippen LogP) is 1.50. The summed E-state index contributed by atoms with van der Waals surface area (Å²) in [4.78, 5) is 14.0. The molecule has 1 fully saturated rings. The lowest BCUT2D eigenvalue weighted by Gasteiger charge is -2.20. The molecule has 1 saturated heterocycles. The Hall–Kier alpha value is -1.55. The van der Waals surface area contributed by atoms with Crippen LogP contribution in [0.25, 0.3) is 0 Å². The van der Waals surface area contributed by atoms with Gasteiger partial charge in [0.2, 0.25) is 0 Å². The van der Waals surface area contributed by atoms with Gasteiger partial charge in [-0.1, -0.05) is 18.2 Å². The highest BCUT2D eigenvalue weighted by Gasteiger charge is 2.16. The highest BCUT2D eigenvalue weighted by Crippen LogP contribution is 2.22. The zero-order valence-electron chi connectivity index (χ0n) is 11.7. The number of amides is 1. The van der Waals surface area contributed by atoms with Crippen molar-refractivity contribution in [3.05, 3.63) is 29.3 Å². The fraction of sp³-hybridized carbons (Fsp3) is 0.533. The minimum Gasteiger partial charge on any atom is -0.483 e. The predicted molar refractivity (Wildman–Crippen MR) is 75.5 cm³/mol. The third kappa shape index (κ3) is 3.70. The molecule has 19 heavy (non-hydrogen) atoms. The highest BCUT2D eigenvalue weighted by atomic mass is 16.5. The summed E-state index contributed by atoms with van der Waals surface area (Å²) in [7, 11) is 0. The van der Waals surface area contributed by atoms with Crippen molar-refractivity contribution >= 4 is 5.91 Å². The van der Waals surface area contributed by atoms with E-state index in [-0.39, 0.29) is 12.5 Å². The van der Waals surface area contributed by atoms with Crippen LogP contribution < -0.4 is 10.1 Å². The highest BCUT2D eigenvalue weighted by molar-refractivity contribution is 5.77. The minimum atomic E-state index is 0.0753. The number of benzene rings is 1. The molecule has 1 aromatic carbocycles. The normalized spacial score (nSPS) is 16.0. The molecule has 0 saturated carbocycles. The molecule has 0 aromatic heterocycles. The summed E-state index contributed by atoms with van der Waals surface area (Å²) in [5, 5.41) is 3.29. The number of hydrogen-bond acceptors (Lipinski definition) is 3. The number of aryl methyl sites for hydroxylation is 2. The number of nitrogens with zero attached hydrogens (tertiary/aromatic N) is 1. The molecule has 1 aliphatic heterocycles. The third-order valence-corrected chi connectivity index (χ3v) is 3.44. The topological polar surface area (TPSA) is 41.6 Å². The van der Waals surface area contributed by atoms with Gasteiger partial charge in [0.1, 0.15) is 5.75 Å². The Morgan fingerprint density at radius 3 is 2.74 bits per heavy atom. The van der Waals surface area contributed by atoms with Gasteiger partial charge in [-0.3, -0.25) is 4.79 Å². The van der Waals surface area contributed by atoms with Gasteiger partial charge < -0.3 is 15.0 Å². The van der Waals surface area contributed by atoms with Gasteiger partial charge in [0.05, 0.1) is 0 Å². The van der Waals surface area contributed by atoms with E-state index in [0.29, 0.717) is 0 Å². The van der Waals surface area contributed by atoms with Crippen LogP contribution in [0.3, 0.4) is 0 Å². The second-order valence-corrected chi connectivity index (χ2v) is 4.99. The van der Waals surface area contributed by atoms with E-state index in [0.717, 1.165) is 49.5 Å². The fourth-order valence-electron chi connectivity index (χ4n) is 2.35. The molecule has 4 nitrogen and oxygen atoms in total. The van der Waals surface area contributed by atoms with Crippen molar-refractivity contribution in [3.63, 3.8) is 0 Å². The summed E-state index contributed by atoms with van der Waals surface area (Å²) in [5.74, 6) is 0.912. The molecule has 4 heteroatoms. The van der Waals surface area contributed by atoms with Gasteiger partial charge in [-0.05, 0) is 37.9 Å². The van der Waals surface area contributed by atoms with Crippen LogP contribution in [0.2, 0.25) is 0 Å². The molecule has 0 spiro atoms. The Labute approximate surface area is 114 Å². The van der Waals surface area contributed by atoms with Crippen LogP contribution in [-0.4, -0.2) is 43.6 Å². The molecule has 1 amide bonds. The van der Waals surface area contributed by atoms with Crippen LogP contribution in [0.5, 0.6) is 5.75 Å². The molecule has 2 rings (SSSR count). The van der Waals surface area contributed by atoms with Crippen LogP contribution in [0.1, 0.15) is 17.5 Å². The van der Waals surface area contributed by atoms with Crippen LogP contribution in [0.4, 0.5) is 0 Å². The average Bonchev–Trinajstić information content (AvgIpc) is 2.66. The molecule has 104 valence electrons. The Morgan fingerprint density at radius 1 is 1.26 bits per heavy atom. The lowest BCUT2D eigenvalue weighted by molar-refractivity contribution is -0.133. The summed E-state index contributed by atoms with van der Waals surface area (Å²) in [6.07, 6.45) is 1.01. The van der Waals surface area contributed by atoms with Gasteiger partial charge in [-0.2, -0.15) is 0 Å². The minimum absolute atomic E-state index is 0.0753. The molecule has 1 N–H and O–H groups in total. The molecular weight excluding hydrogens is 240 g/mol. The van der Waals surface area contributed by atoms with E-state index < -0.39 is 0 Å². The maximum atomic E-state index is 12.1. The summed E-state index contributed by atoms with van der Waals surface area (Å²) in [6.45, 7) is 7.59. The Bertz CT molecular complexity index is 418. The third-order valence-electron chi connectivity index (χ3n) is 3.44. The van der Waals surface area contributed by atoms with Crippen LogP contribution in [0, 0.1) is 13.8 Å². The maximum absolute atomic E-state index is 12.1. The van der Waals surface area contributed by atoms with E-state index in [1.54, 1.807) is 0 Å². The molecule has 1 aliphatic rings. The van der Waals surface area contributed by atoms with Gasteiger partial charge >= 0.3 is 0 Å². The number of carbonyl (C=O) groups is 1. The number of nitrogens with one attached hydrogen (secondary N) is 1.